The molecule has 1 atom stereocenters. The third-order valence-corrected chi connectivity index (χ3v) is 9.51. The Kier molecular flexibility index (Phi) is 10.5. The van der Waals surface area contributed by atoms with Crippen molar-refractivity contribution in [1.29, 1.82) is 0 Å². The van der Waals surface area contributed by atoms with Crippen LogP contribution in [-0.4, -0.2) is 50.9 Å². The first-order chi connectivity index (χ1) is 20.1. The van der Waals surface area contributed by atoms with Crippen LogP contribution in [0.15, 0.2) is 77.7 Å². The number of carbonyl (C=O) groups is 2. The van der Waals surface area contributed by atoms with Gasteiger partial charge in [-0.3, -0.25) is 13.9 Å². The molecule has 0 bridgehead atoms. The molecule has 1 aliphatic carbocycles. The van der Waals surface area contributed by atoms with E-state index in [9.17, 15) is 22.4 Å². The van der Waals surface area contributed by atoms with Crippen LogP contribution in [0.25, 0.3) is 0 Å². The van der Waals surface area contributed by atoms with E-state index in [1.54, 1.807) is 56.5 Å². The molecule has 3 aromatic carbocycles. The van der Waals surface area contributed by atoms with Crippen LogP contribution >= 0.6 is 11.6 Å². The topological polar surface area (TPSA) is 96.0 Å². The van der Waals surface area contributed by atoms with E-state index in [1.165, 1.54) is 23.1 Å². The molecule has 0 spiro atoms. The molecule has 3 aromatic rings. The summed E-state index contributed by atoms with van der Waals surface area (Å²) in [7, 11) is -2.73. The second-order valence-corrected chi connectivity index (χ2v) is 12.6. The number of ether oxygens (including phenoxy) is 1. The summed E-state index contributed by atoms with van der Waals surface area (Å²) in [6, 6.07) is 17.3. The molecule has 11 heteroatoms. The van der Waals surface area contributed by atoms with Crippen LogP contribution in [-0.2, 0) is 26.2 Å². The Morgan fingerprint density at radius 1 is 1.02 bits per heavy atom. The van der Waals surface area contributed by atoms with Gasteiger partial charge >= 0.3 is 0 Å². The van der Waals surface area contributed by atoms with E-state index in [0.29, 0.717) is 5.75 Å². The lowest BCUT2D eigenvalue weighted by atomic mass is 9.95. The van der Waals surface area contributed by atoms with E-state index in [0.717, 1.165) is 54.1 Å². The number of carbonyl (C=O) groups excluding carboxylic acids is 2. The van der Waals surface area contributed by atoms with Gasteiger partial charge in [0, 0.05) is 12.6 Å². The lowest BCUT2D eigenvalue weighted by Gasteiger charge is -2.33. The second kappa shape index (κ2) is 14.0. The zero-order valence-corrected chi connectivity index (χ0v) is 25.2. The largest absolute Gasteiger partial charge is 0.497 e. The fraction of sp³-hybridized carbons (Fsp3) is 0.355. The fourth-order valence-corrected chi connectivity index (χ4v) is 6.57. The van der Waals surface area contributed by atoms with Gasteiger partial charge in [-0.05, 0) is 67.8 Å². The van der Waals surface area contributed by atoms with Gasteiger partial charge in [0.1, 0.15) is 24.2 Å². The highest BCUT2D eigenvalue weighted by molar-refractivity contribution is 7.92. The first-order valence-corrected chi connectivity index (χ1v) is 15.7. The fourth-order valence-electron chi connectivity index (χ4n) is 4.97. The van der Waals surface area contributed by atoms with Gasteiger partial charge in [-0.1, -0.05) is 61.2 Å². The first-order valence-electron chi connectivity index (χ1n) is 13.9. The molecule has 42 heavy (non-hydrogen) atoms. The number of rotatable bonds is 11. The number of anilines is 1. The lowest BCUT2D eigenvalue weighted by molar-refractivity contribution is -0.139. The molecule has 8 nitrogen and oxygen atoms in total. The van der Waals surface area contributed by atoms with Crippen molar-refractivity contribution in [2.24, 2.45) is 0 Å². The third-order valence-electron chi connectivity index (χ3n) is 7.43. The van der Waals surface area contributed by atoms with Gasteiger partial charge in [-0.25, -0.2) is 12.8 Å². The van der Waals surface area contributed by atoms with Crippen molar-refractivity contribution in [3.63, 3.8) is 0 Å². The summed E-state index contributed by atoms with van der Waals surface area (Å²) in [4.78, 5) is 28.7. The van der Waals surface area contributed by atoms with Crippen LogP contribution in [0.1, 0.15) is 44.6 Å². The predicted molar refractivity (Wildman–Crippen MR) is 160 cm³/mol. The van der Waals surface area contributed by atoms with Crippen molar-refractivity contribution in [1.82, 2.24) is 10.2 Å². The van der Waals surface area contributed by atoms with Gasteiger partial charge in [0.15, 0.2) is 0 Å². The van der Waals surface area contributed by atoms with E-state index < -0.39 is 34.3 Å². The zero-order valence-electron chi connectivity index (χ0n) is 23.6. The third kappa shape index (κ3) is 7.60. The molecule has 1 N–H and O–H groups in total. The summed E-state index contributed by atoms with van der Waals surface area (Å²) < 4.78 is 47.8. The van der Waals surface area contributed by atoms with Crippen molar-refractivity contribution in [2.45, 2.75) is 62.6 Å². The van der Waals surface area contributed by atoms with Crippen molar-refractivity contribution < 1.29 is 27.1 Å². The maximum atomic E-state index is 14.0. The van der Waals surface area contributed by atoms with Crippen LogP contribution in [0.2, 0.25) is 5.02 Å². The number of nitrogens with one attached hydrogen (secondary N) is 1. The summed E-state index contributed by atoms with van der Waals surface area (Å²) in [6.45, 7) is 1.03. The Balaban J connectivity index is 1.68. The summed E-state index contributed by atoms with van der Waals surface area (Å²) in [5, 5.41) is 2.78. The van der Waals surface area contributed by atoms with Crippen LogP contribution in [0.5, 0.6) is 5.75 Å². The van der Waals surface area contributed by atoms with E-state index in [1.807, 2.05) is 0 Å². The average Bonchev–Trinajstić information content (AvgIpc) is 3.00. The van der Waals surface area contributed by atoms with E-state index in [-0.39, 0.29) is 34.1 Å². The summed E-state index contributed by atoms with van der Waals surface area (Å²) in [5.74, 6) is -1.02. The maximum absolute atomic E-state index is 14.0. The zero-order chi connectivity index (χ0) is 30.3. The molecular formula is C31H35ClFN3O5S. The van der Waals surface area contributed by atoms with Crippen molar-refractivity contribution >= 4 is 39.1 Å². The second-order valence-electron chi connectivity index (χ2n) is 10.3. The normalized spacial score (nSPS) is 14.6. The van der Waals surface area contributed by atoms with E-state index >= 15 is 0 Å². The first kappa shape index (κ1) is 31.3. The van der Waals surface area contributed by atoms with Crippen LogP contribution in [0.3, 0.4) is 0 Å². The van der Waals surface area contributed by atoms with Gasteiger partial charge in [-0.2, -0.15) is 0 Å². The maximum Gasteiger partial charge on any atom is 0.264 e. The number of sulfonamides is 1. The Bertz CT molecular complexity index is 1480. The minimum atomic E-state index is -4.28. The number of hydrogen-bond donors (Lipinski definition) is 1. The number of benzene rings is 3. The Morgan fingerprint density at radius 2 is 1.69 bits per heavy atom. The monoisotopic (exact) mass is 615 g/mol. The number of amides is 2. The molecule has 0 aromatic heterocycles. The van der Waals surface area contributed by atoms with Crippen LogP contribution < -0.4 is 14.4 Å². The predicted octanol–water partition coefficient (Wildman–Crippen LogP) is 5.55. The molecule has 1 saturated carbocycles. The molecule has 2 amide bonds. The van der Waals surface area contributed by atoms with Gasteiger partial charge in [0.05, 0.1) is 22.7 Å². The number of halogens is 2. The molecule has 4 rings (SSSR count). The van der Waals surface area contributed by atoms with Crippen LogP contribution in [0.4, 0.5) is 10.1 Å². The SMILES string of the molecule is COc1ccc(CN(C(=O)CN(c2ccc(F)c(Cl)c2)S(=O)(=O)c2ccccc2)[C@@H](C)C(=O)NC2CCCCC2)cc1. The lowest BCUT2D eigenvalue weighted by Crippen LogP contribution is -2.53. The number of hydrogen-bond acceptors (Lipinski definition) is 5. The molecular weight excluding hydrogens is 581 g/mol. The summed E-state index contributed by atoms with van der Waals surface area (Å²) in [5.41, 5.74) is 0.742. The smallest absolute Gasteiger partial charge is 0.264 e. The molecule has 0 saturated heterocycles. The van der Waals surface area contributed by atoms with Crippen molar-refractivity contribution in [2.75, 3.05) is 18.0 Å². The molecule has 224 valence electrons. The highest BCUT2D eigenvalue weighted by Gasteiger charge is 2.33. The molecule has 1 fully saturated rings. The van der Waals surface area contributed by atoms with E-state index in [2.05, 4.69) is 5.32 Å². The van der Waals surface area contributed by atoms with E-state index in [4.69, 9.17) is 16.3 Å². The molecule has 0 aliphatic heterocycles. The standard InChI is InChI=1S/C31H35ClFN3O5S/c1-22(31(38)34-24-9-5-3-6-10-24)35(20-23-13-16-26(41-2)17-14-23)30(37)21-36(25-15-18-29(33)28(32)19-25)42(39,40)27-11-7-4-8-12-27/h4,7-8,11-19,22,24H,3,5-6,9-10,20-21H2,1-2H3,(H,34,38)/t22-/m0/s1. The molecule has 0 radical (unpaired) electrons. The summed E-state index contributed by atoms with van der Waals surface area (Å²) in [6.07, 6.45) is 4.93. The summed E-state index contributed by atoms with van der Waals surface area (Å²) >= 11 is 6.01. The van der Waals surface area contributed by atoms with Gasteiger partial charge < -0.3 is 15.0 Å². The van der Waals surface area contributed by atoms with Crippen molar-refractivity contribution in [3.05, 3.63) is 89.2 Å². The number of nitrogens with zero attached hydrogens (tertiary/aromatic N) is 2. The van der Waals surface area contributed by atoms with Gasteiger partial charge in [0.2, 0.25) is 11.8 Å². The average molecular weight is 616 g/mol. The molecule has 0 unspecified atom stereocenters. The minimum absolute atomic E-state index is 0.0160. The molecule has 0 heterocycles. The van der Waals surface area contributed by atoms with Crippen molar-refractivity contribution in [3.8, 4) is 5.75 Å². The van der Waals surface area contributed by atoms with Gasteiger partial charge in [-0.15, -0.1) is 0 Å². The molecule has 1 aliphatic rings. The van der Waals surface area contributed by atoms with Crippen LogP contribution in [0, 0.1) is 5.82 Å². The number of methoxy groups -OCH3 is 1. The minimum Gasteiger partial charge on any atom is -0.497 e. The Morgan fingerprint density at radius 3 is 2.31 bits per heavy atom. The quantitative estimate of drug-likeness (QED) is 0.305. The Labute approximate surface area is 251 Å². The van der Waals surface area contributed by atoms with Gasteiger partial charge in [0.25, 0.3) is 10.0 Å². The Hall–Kier alpha value is -3.63. The highest BCUT2D eigenvalue weighted by Crippen LogP contribution is 2.28. The highest BCUT2D eigenvalue weighted by atomic mass is 35.5.